The smallest absolute Gasteiger partial charge is 0.0766 e. The van der Waals surface area contributed by atoms with E-state index >= 15 is 0 Å². The van der Waals surface area contributed by atoms with E-state index in [1.807, 2.05) is 0 Å². The lowest BCUT2D eigenvalue weighted by Crippen LogP contribution is -2.26. The molecule has 2 rings (SSSR count). The van der Waals surface area contributed by atoms with E-state index in [2.05, 4.69) is 39.6 Å². The van der Waals surface area contributed by atoms with Crippen molar-refractivity contribution in [3.05, 3.63) is 15.9 Å². The van der Waals surface area contributed by atoms with Crippen LogP contribution in [0.3, 0.4) is 0 Å². The number of rotatable bonds is 4. The average molecular weight is 272 g/mol. The second-order valence-electron chi connectivity index (χ2n) is 4.42. The molecule has 0 radical (unpaired) electrons. The molecule has 0 aromatic carbocycles. The lowest BCUT2D eigenvalue weighted by Gasteiger charge is -2.10. The van der Waals surface area contributed by atoms with Gasteiger partial charge >= 0.3 is 0 Å². The fraction of sp³-hybridized carbons (Fsp3) is 0.727. The van der Waals surface area contributed by atoms with Crippen LogP contribution in [0.15, 0.2) is 4.47 Å². The molecule has 2 N–H and O–H groups in total. The number of nitrogens with zero attached hydrogens (tertiary/aromatic N) is 2. The van der Waals surface area contributed by atoms with E-state index in [-0.39, 0.29) is 5.54 Å². The molecule has 1 aromatic rings. The molecule has 3 nitrogen and oxygen atoms in total. The van der Waals surface area contributed by atoms with Crippen LogP contribution >= 0.6 is 15.9 Å². The second-order valence-corrected chi connectivity index (χ2v) is 5.21. The first-order valence-corrected chi connectivity index (χ1v) is 6.42. The molecule has 0 spiro atoms. The van der Waals surface area contributed by atoms with Crippen molar-refractivity contribution in [1.82, 2.24) is 9.78 Å². The van der Waals surface area contributed by atoms with E-state index in [0.29, 0.717) is 0 Å². The summed E-state index contributed by atoms with van der Waals surface area (Å²) < 4.78 is 3.25. The largest absolute Gasteiger partial charge is 0.325 e. The molecule has 15 heavy (non-hydrogen) atoms. The highest BCUT2D eigenvalue weighted by molar-refractivity contribution is 9.10. The first-order chi connectivity index (χ1) is 7.09. The summed E-state index contributed by atoms with van der Waals surface area (Å²) in [5.74, 6) is 0. The number of hydrogen-bond donors (Lipinski definition) is 1. The zero-order valence-corrected chi connectivity index (χ0v) is 11.0. The fourth-order valence-corrected chi connectivity index (χ4v) is 2.56. The van der Waals surface area contributed by atoms with Crippen molar-refractivity contribution >= 4 is 15.9 Å². The Balaban J connectivity index is 2.30. The van der Waals surface area contributed by atoms with Gasteiger partial charge in [-0.25, -0.2) is 0 Å². The predicted octanol–water partition coefficient (Wildman–Crippen LogP) is 2.26. The monoisotopic (exact) mass is 271 g/mol. The Labute approximate surface area is 99.2 Å². The van der Waals surface area contributed by atoms with Crippen molar-refractivity contribution < 1.29 is 0 Å². The zero-order chi connectivity index (χ0) is 11.1. The van der Waals surface area contributed by atoms with E-state index < -0.39 is 0 Å². The minimum absolute atomic E-state index is 0.0560. The first-order valence-electron chi connectivity index (χ1n) is 5.62. The third-order valence-corrected chi connectivity index (χ3v) is 4.02. The van der Waals surface area contributed by atoms with Gasteiger partial charge < -0.3 is 5.73 Å². The molecule has 1 aromatic heterocycles. The number of aromatic nitrogens is 2. The van der Waals surface area contributed by atoms with Crippen LogP contribution in [-0.4, -0.2) is 15.3 Å². The van der Waals surface area contributed by atoms with Crippen molar-refractivity contribution in [1.29, 1.82) is 0 Å². The highest BCUT2D eigenvalue weighted by Gasteiger charge is 2.39. The third kappa shape index (κ3) is 2.11. The summed E-state index contributed by atoms with van der Waals surface area (Å²) in [5, 5.41) is 4.57. The van der Waals surface area contributed by atoms with Gasteiger partial charge in [0.05, 0.1) is 15.9 Å². The average Bonchev–Trinajstić information content (AvgIpc) is 2.87. The maximum Gasteiger partial charge on any atom is 0.0766 e. The van der Waals surface area contributed by atoms with E-state index in [1.54, 1.807) is 0 Å². The van der Waals surface area contributed by atoms with Crippen LogP contribution in [0.2, 0.25) is 0 Å². The number of aryl methyl sites for hydroxylation is 2. The Morgan fingerprint density at radius 3 is 2.60 bits per heavy atom. The SMILES string of the molecule is CCc1nn(CC)c(CC2(N)CC2)c1Br. The molecule has 1 aliphatic carbocycles. The van der Waals surface area contributed by atoms with Crippen LogP contribution in [0.5, 0.6) is 0 Å². The van der Waals surface area contributed by atoms with Gasteiger partial charge in [-0.3, -0.25) is 4.68 Å². The van der Waals surface area contributed by atoms with Crippen LogP contribution in [0.1, 0.15) is 38.1 Å². The first kappa shape index (κ1) is 11.1. The predicted molar refractivity (Wildman–Crippen MR) is 64.8 cm³/mol. The van der Waals surface area contributed by atoms with Crippen LogP contribution in [0.4, 0.5) is 0 Å². The van der Waals surface area contributed by atoms with Crippen LogP contribution in [-0.2, 0) is 19.4 Å². The van der Waals surface area contributed by atoms with Crippen molar-refractivity contribution in [2.45, 2.75) is 51.6 Å². The van der Waals surface area contributed by atoms with Crippen molar-refractivity contribution in [3.8, 4) is 0 Å². The third-order valence-electron chi connectivity index (χ3n) is 3.11. The van der Waals surface area contributed by atoms with Gasteiger partial charge in [0.25, 0.3) is 0 Å². The van der Waals surface area contributed by atoms with Gasteiger partial charge in [0.15, 0.2) is 0 Å². The molecular formula is C11H18BrN3. The minimum Gasteiger partial charge on any atom is -0.325 e. The fourth-order valence-electron chi connectivity index (χ4n) is 1.86. The summed E-state index contributed by atoms with van der Waals surface area (Å²) in [7, 11) is 0. The molecule has 1 fully saturated rings. The molecule has 0 aliphatic heterocycles. The van der Waals surface area contributed by atoms with Gasteiger partial charge in [-0.2, -0.15) is 5.10 Å². The van der Waals surface area contributed by atoms with E-state index in [4.69, 9.17) is 5.73 Å². The lowest BCUT2D eigenvalue weighted by molar-refractivity contribution is 0.569. The Bertz CT molecular complexity index is 366. The maximum atomic E-state index is 6.16. The second kappa shape index (κ2) is 3.91. The standard InChI is InChI=1S/C11H18BrN3/c1-3-8-10(12)9(15(4-2)14-8)7-11(13)5-6-11/h3-7,13H2,1-2H3. The number of nitrogens with two attached hydrogens (primary N) is 1. The number of hydrogen-bond acceptors (Lipinski definition) is 2. The van der Waals surface area contributed by atoms with Gasteiger partial charge in [-0.1, -0.05) is 6.92 Å². The van der Waals surface area contributed by atoms with Crippen molar-refractivity contribution in [3.63, 3.8) is 0 Å². The minimum atomic E-state index is 0.0560. The van der Waals surface area contributed by atoms with Gasteiger partial charge in [-0.15, -0.1) is 0 Å². The van der Waals surface area contributed by atoms with Crippen LogP contribution in [0.25, 0.3) is 0 Å². The molecule has 84 valence electrons. The molecule has 0 amide bonds. The maximum absolute atomic E-state index is 6.16. The zero-order valence-electron chi connectivity index (χ0n) is 9.39. The number of halogens is 1. The molecule has 1 aliphatic rings. The Hall–Kier alpha value is -0.350. The summed E-state index contributed by atoms with van der Waals surface area (Å²) in [5.41, 5.74) is 8.64. The normalized spacial score (nSPS) is 18.1. The molecule has 0 bridgehead atoms. The van der Waals surface area contributed by atoms with Gasteiger partial charge in [0, 0.05) is 18.5 Å². The quantitative estimate of drug-likeness (QED) is 0.913. The molecule has 4 heteroatoms. The summed E-state index contributed by atoms with van der Waals surface area (Å²) in [4.78, 5) is 0. The Morgan fingerprint density at radius 1 is 1.47 bits per heavy atom. The van der Waals surface area contributed by atoms with Crippen molar-refractivity contribution in [2.24, 2.45) is 5.73 Å². The van der Waals surface area contributed by atoms with Crippen LogP contribution in [0, 0.1) is 0 Å². The molecular weight excluding hydrogens is 254 g/mol. The summed E-state index contributed by atoms with van der Waals surface area (Å²) >= 11 is 3.64. The van der Waals surface area contributed by atoms with Gasteiger partial charge in [0.1, 0.15) is 0 Å². The Morgan fingerprint density at radius 2 is 2.13 bits per heavy atom. The van der Waals surface area contributed by atoms with Gasteiger partial charge in [-0.05, 0) is 42.1 Å². The summed E-state index contributed by atoms with van der Waals surface area (Å²) in [6.07, 6.45) is 4.22. The van der Waals surface area contributed by atoms with E-state index in [1.165, 1.54) is 10.2 Å². The van der Waals surface area contributed by atoms with Crippen LogP contribution < -0.4 is 5.73 Å². The molecule has 1 heterocycles. The molecule has 0 atom stereocenters. The summed E-state index contributed by atoms with van der Waals surface area (Å²) in [6.45, 7) is 5.18. The van der Waals surface area contributed by atoms with E-state index in [0.717, 1.165) is 37.9 Å². The van der Waals surface area contributed by atoms with Crippen molar-refractivity contribution in [2.75, 3.05) is 0 Å². The highest BCUT2D eigenvalue weighted by Crippen LogP contribution is 2.37. The lowest BCUT2D eigenvalue weighted by atomic mass is 10.1. The molecule has 1 saturated carbocycles. The van der Waals surface area contributed by atoms with Gasteiger partial charge in [0.2, 0.25) is 0 Å². The highest BCUT2D eigenvalue weighted by atomic mass is 79.9. The molecule has 0 unspecified atom stereocenters. The summed E-state index contributed by atoms with van der Waals surface area (Å²) in [6, 6.07) is 0. The topological polar surface area (TPSA) is 43.8 Å². The van der Waals surface area contributed by atoms with E-state index in [9.17, 15) is 0 Å². The Kier molecular flexibility index (Phi) is 2.90. The molecule has 0 saturated heterocycles.